The number of hydrogen-bond acceptors (Lipinski definition) is 4. The van der Waals surface area contributed by atoms with E-state index in [0.717, 1.165) is 11.3 Å². The summed E-state index contributed by atoms with van der Waals surface area (Å²) in [5.41, 5.74) is 0.943. The van der Waals surface area contributed by atoms with Gasteiger partial charge in [0.15, 0.2) is 0 Å². The van der Waals surface area contributed by atoms with Gasteiger partial charge in [-0.2, -0.15) is 5.10 Å². The van der Waals surface area contributed by atoms with Gasteiger partial charge in [-0.05, 0) is 24.6 Å². The summed E-state index contributed by atoms with van der Waals surface area (Å²) in [4.78, 5) is 15.6. The Morgan fingerprint density at radius 2 is 2.16 bits per heavy atom. The van der Waals surface area contributed by atoms with Crippen LogP contribution in [0.15, 0.2) is 30.6 Å². The molecule has 0 spiro atoms. The second-order valence-corrected chi connectivity index (χ2v) is 3.96. The average molecular weight is 260 g/mol. The van der Waals surface area contributed by atoms with Crippen LogP contribution < -0.4 is 10.1 Å². The molecule has 0 unspecified atom stereocenters. The van der Waals surface area contributed by atoms with Crippen molar-refractivity contribution in [2.75, 3.05) is 6.61 Å². The van der Waals surface area contributed by atoms with E-state index >= 15 is 0 Å². The molecule has 100 valence electrons. The van der Waals surface area contributed by atoms with Crippen molar-refractivity contribution in [3.63, 3.8) is 0 Å². The molecule has 19 heavy (non-hydrogen) atoms. The third kappa shape index (κ3) is 4.09. The normalized spacial score (nSPS) is 10.2. The Labute approximate surface area is 111 Å². The van der Waals surface area contributed by atoms with Gasteiger partial charge in [-0.15, -0.1) is 0 Å². The highest BCUT2D eigenvalue weighted by Crippen LogP contribution is 2.12. The SMILES string of the molecule is CCOc1ccc(CC(=O)NCc2ncn[nH]2)cc1. The molecule has 0 radical (unpaired) electrons. The van der Waals surface area contributed by atoms with E-state index in [1.165, 1.54) is 6.33 Å². The first-order valence-corrected chi connectivity index (χ1v) is 6.10. The van der Waals surface area contributed by atoms with Crippen LogP contribution in [0.4, 0.5) is 0 Å². The van der Waals surface area contributed by atoms with Crippen molar-refractivity contribution in [2.24, 2.45) is 0 Å². The minimum Gasteiger partial charge on any atom is -0.494 e. The van der Waals surface area contributed by atoms with Gasteiger partial charge < -0.3 is 10.1 Å². The summed E-state index contributed by atoms with van der Waals surface area (Å²) in [7, 11) is 0. The lowest BCUT2D eigenvalue weighted by Crippen LogP contribution is -2.25. The van der Waals surface area contributed by atoms with Gasteiger partial charge in [0, 0.05) is 0 Å². The van der Waals surface area contributed by atoms with Gasteiger partial charge in [-0.1, -0.05) is 12.1 Å². The van der Waals surface area contributed by atoms with E-state index in [1.54, 1.807) is 0 Å². The standard InChI is InChI=1S/C13H16N4O2/c1-2-19-11-5-3-10(4-6-11)7-13(18)14-8-12-15-9-16-17-12/h3-6,9H,2,7-8H2,1H3,(H,14,18)(H,15,16,17). The highest BCUT2D eigenvalue weighted by Gasteiger charge is 2.04. The molecule has 0 aliphatic carbocycles. The summed E-state index contributed by atoms with van der Waals surface area (Å²) in [6.07, 6.45) is 1.74. The van der Waals surface area contributed by atoms with Crippen molar-refractivity contribution in [3.05, 3.63) is 42.0 Å². The van der Waals surface area contributed by atoms with E-state index in [4.69, 9.17) is 4.74 Å². The summed E-state index contributed by atoms with van der Waals surface area (Å²) in [5.74, 6) is 1.40. The molecule has 0 saturated carbocycles. The minimum atomic E-state index is -0.0550. The Morgan fingerprint density at radius 1 is 1.37 bits per heavy atom. The number of amides is 1. The Kier molecular flexibility index (Phi) is 4.49. The molecular formula is C13H16N4O2. The number of nitrogens with zero attached hydrogens (tertiary/aromatic N) is 2. The zero-order valence-electron chi connectivity index (χ0n) is 10.7. The van der Waals surface area contributed by atoms with Crippen LogP contribution in [0.5, 0.6) is 5.75 Å². The lowest BCUT2D eigenvalue weighted by atomic mass is 10.1. The van der Waals surface area contributed by atoms with Crippen molar-refractivity contribution < 1.29 is 9.53 Å². The highest BCUT2D eigenvalue weighted by molar-refractivity contribution is 5.78. The molecule has 0 aliphatic heterocycles. The van der Waals surface area contributed by atoms with E-state index in [-0.39, 0.29) is 5.91 Å². The van der Waals surface area contributed by atoms with Gasteiger partial charge in [-0.3, -0.25) is 9.89 Å². The number of hydrogen-bond donors (Lipinski definition) is 2. The first kappa shape index (κ1) is 13.1. The van der Waals surface area contributed by atoms with Gasteiger partial charge in [0.25, 0.3) is 0 Å². The third-order valence-corrected chi connectivity index (χ3v) is 2.52. The molecule has 0 bridgehead atoms. The molecular weight excluding hydrogens is 244 g/mol. The maximum atomic E-state index is 11.7. The fourth-order valence-electron chi connectivity index (χ4n) is 1.62. The number of benzene rings is 1. The van der Waals surface area contributed by atoms with Crippen molar-refractivity contribution >= 4 is 5.91 Å². The number of aromatic amines is 1. The van der Waals surface area contributed by atoms with Crippen LogP contribution in [0.25, 0.3) is 0 Å². The molecule has 1 aromatic carbocycles. The molecule has 2 N–H and O–H groups in total. The molecule has 1 heterocycles. The van der Waals surface area contributed by atoms with Gasteiger partial charge in [0.2, 0.25) is 5.91 Å². The molecule has 6 heteroatoms. The molecule has 2 aromatic rings. The number of carbonyl (C=O) groups excluding carboxylic acids is 1. The number of rotatable bonds is 6. The quantitative estimate of drug-likeness (QED) is 0.814. The lowest BCUT2D eigenvalue weighted by molar-refractivity contribution is -0.120. The van der Waals surface area contributed by atoms with Gasteiger partial charge in [0.1, 0.15) is 17.9 Å². The van der Waals surface area contributed by atoms with Crippen LogP contribution in [-0.4, -0.2) is 27.7 Å². The maximum absolute atomic E-state index is 11.7. The van der Waals surface area contributed by atoms with E-state index in [2.05, 4.69) is 20.5 Å². The fraction of sp³-hybridized carbons (Fsp3) is 0.308. The van der Waals surface area contributed by atoms with Crippen LogP contribution in [0.2, 0.25) is 0 Å². The molecule has 2 rings (SSSR count). The van der Waals surface area contributed by atoms with Gasteiger partial charge in [-0.25, -0.2) is 4.98 Å². The van der Waals surface area contributed by atoms with E-state index < -0.39 is 0 Å². The summed E-state index contributed by atoms with van der Waals surface area (Å²) < 4.78 is 5.34. The molecule has 0 atom stereocenters. The van der Waals surface area contributed by atoms with Crippen LogP contribution >= 0.6 is 0 Å². The molecule has 0 fully saturated rings. The minimum absolute atomic E-state index is 0.0550. The topological polar surface area (TPSA) is 79.9 Å². The van der Waals surface area contributed by atoms with E-state index in [0.29, 0.717) is 25.4 Å². The van der Waals surface area contributed by atoms with Gasteiger partial charge in [0.05, 0.1) is 19.6 Å². The Hall–Kier alpha value is -2.37. The number of nitrogens with one attached hydrogen (secondary N) is 2. The summed E-state index contributed by atoms with van der Waals surface area (Å²) in [6.45, 7) is 2.93. The molecule has 1 aromatic heterocycles. The largest absolute Gasteiger partial charge is 0.494 e. The number of H-pyrrole nitrogens is 1. The smallest absolute Gasteiger partial charge is 0.224 e. The second-order valence-electron chi connectivity index (χ2n) is 3.96. The summed E-state index contributed by atoms with van der Waals surface area (Å²) in [6, 6.07) is 7.50. The molecule has 0 aliphatic rings. The van der Waals surface area contributed by atoms with Crippen LogP contribution in [0.3, 0.4) is 0 Å². The Morgan fingerprint density at radius 3 is 2.79 bits per heavy atom. The lowest BCUT2D eigenvalue weighted by Gasteiger charge is -2.05. The van der Waals surface area contributed by atoms with Crippen molar-refractivity contribution in [2.45, 2.75) is 19.9 Å². The Balaban J connectivity index is 1.81. The van der Waals surface area contributed by atoms with Crippen LogP contribution in [0, 0.1) is 0 Å². The first-order chi connectivity index (χ1) is 9.28. The maximum Gasteiger partial charge on any atom is 0.224 e. The first-order valence-electron chi connectivity index (χ1n) is 6.10. The van der Waals surface area contributed by atoms with Crippen molar-refractivity contribution in [1.29, 1.82) is 0 Å². The number of carbonyl (C=O) groups is 1. The number of ether oxygens (including phenoxy) is 1. The highest BCUT2D eigenvalue weighted by atomic mass is 16.5. The third-order valence-electron chi connectivity index (χ3n) is 2.52. The molecule has 0 saturated heterocycles. The Bertz CT molecular complexity index is 508. The van der Waals surface area contributed by atoms with Crippen molar-refractivity contribution in [1.82, 2.24) is 20.5 Å². The second kappa shape index (κ2) is 6.53. The number of aromatic nitrogens is 3. The zero-order chi connectivity index (χ0) is 13.5. The molecule has 6 nitrogen and oxygen atoms in total. The monoisotopic (exact) mass is 260 g/mol. The predicted molar refractivity (Wildman–Crippen MR) is 69.5 cm³/mol. The van der Waals surface area contributed by atoms with Crippen molar-refractivity contribution in [3.8, 4) is 5.75 Å². The summed E-state index contributed by atoms with van der Waals surface area (Å²) >= 11 is 0. The zero-order valence-corrected chi connectivity index (χ0v) is 10.7. The fourth-order valence-corrected chi connectivity index (χ4v) is 1.62. The predicted octanol–water partition coefficient (Wildman–Crippen LogP) is 1.06. The van der Waals surface area contributed by atoms with Crippen LogP contribution in [0.1, 0.15) is 18.3 Å². The summed E-state index contributed by atoms with van der Waals surface area (Å²) in [5, 5.41) is 9.16. The average Bonchev–Trinajstić information content (AvgIpc) is 2.92. The van der Waals surface area contributed by atoms with Gasteiger partial charge >= 0.3 is 0 Å². The van der Waals surface area contributed by atoms with E-state index in [1.807, 2.05) is 31.2 Å². The van der Waals surface area contributed by atoms with Crippen LogP contribution in [-0.2, 0) is 17.8 Å². The van der Waals surface area contributed by atoms with E-state index in [9.17, 15) is 4.79 Å². The molecule has 1 amide bonds.